The molecule has 2 heterocycles. The number of benzene rings is 1. The normalized spacial score (nSPS) is 20.0. The van der Waals surface area contributed by atoms with E-state index in [1.54, 1.807) is 29.2 Å². The van der Waals surface area contributed by atoms with Crippen molar-refractivity contribution in [3.63, 3.8) is 0 Å². The monoisotopic (exact) mass is 393 g/mol. The fourth-order valence-electron chi connectivity index (χ4n) is 2.90. The number of fused-ring (bicyclic) bond motifs is 1. The van der Waals surface area contributed by atoms with E-state index in [0.717, 1.165) is 10.9 Å². The predicted molar refractivity (Wildman–Crippen MR) is 93.9 cm³/mol. The molecule has 1 aliphatic rings. The molecule has 3 rings (SSSR count). The molecule has 0 bridgehead atoms. The molecule has 1 aliphatic heterocycles. The zero-order chi connectivity index (χ0) is 16.6. The highest BCUT2D eigenvalue weighted by Gasteiger charge is 2.50. The molecule has 0 aliphatic carbocycles. The number of halogens is 1. The Labute approximate surface area is 146 Å². The van der Waals surface area contributed by atoms with Gasteiger partial charge in [-0.1, -0.05) is 28.9 Å². The van der Waals surface area contributed by atoms with Crippen LogP contribution in [0, 0.1) is 0 Å². The molecule has 1 unspecified atom stereocenters. The maximum atomic E-state index is 12.8. The van der Waals surface area contributed by atoms with E-state index >= 15 is 0 Å². The second-order valence-electron chi connectivity index (χ2n) is 5.56. The van der Waals surface area contributed by atoms with E-state index in [0.29, 0.717) is 22.7 Å². The molecule has 23 heavy (non-hydrogen) atoms. The van der Waals surface area contributed by atoms with Gasteiger partial charge in [0.2, 0.25) is 0 Å². The molecule has 1 aromatic carbocycles. The SMILES string of the molecule is CCCN1C(=O)C(O)(CC(=O)c2cccs2)c2cc(Br)ccc21. The summed E-state index contributed by atoms with van der Waals surface area (Å²) in [4.78, 5) is 27.4. The summed E-state index contributed by atoms with van der Waals surface area (Å²) >= 11 is 4.69. The second-order valence-corrected chi connectivity index (χ2v) is 7.42. The van der Waals surface area contributed by atoms with Crippen LogP contribution in [-0.4, -0.2) is 23.3 Å². The maximum absolute atomic E-state index is 12.8. The van der Waals surface area contributed by atoms with Crippen LogP contribution >= 0.6 is 27.3 Å². The van der Waals surface area contributed by atoms with Crippen molar-refractivity contribution in [1.82, 2.24) is 0 Å². The number of rotatable bonds is 5. The Kier molecular flexibility index (Phi) is 4.40. The van der Waals surface area contributed by atoms with Gasteiger partial charge in [0.25, 0.3) is 5.91 Å². The minimum absolute atomic E-state index is 0.222. The highest BCUT2D eigenvalue weighted by Crippen LogP contribution is 2.44. The first-order chi connectivity index (χ1) is 11.0. The van der Waals surface area contributed by atoms with Crippen LogP contribution in [0.4, 0.5) is 5.69 Å². The van der Waals surface area contributed by atoms with Gasteiger partial charge in [0.1, 0.15) is 0 Å². The van der Waals surface area contributed by atoms with Gasteiger partial charge in [-0.15, -0.1) is 11.3 Å². The standard InChI is InChI=1S/C17H16BrNO3S/c1-2-7-19-13-6-5-11(18)9-12(13)17(22,16(19)21)10-14(20)15-4-3-8-23-15/h3-6,8-9,22H,2,7,10H2,1H3. The Hall–Kier alpha value is -1.50. The lowest BCUT2D eigenvalue weighted by Gasteiger charge is -2.22. The quantitative estimate of drug-likeness (QED) is 0.787. The number of hydrogen-bond acceptors (Lipinski definition) is 4. The summed E-state index contributed by atoms with van der Waals surface area (Å²) in [5, 5.41) is 12.9. The van der Waals surface area contributed by atoms with Crippen LogP contribution in [0.25, 0.3) is 0 Å². The number of ketones is 1. The van der Waals surface area contributed by atoms with Gasteiger partial charge in [-0.25, -0.2) is 0 Å². The largest absolute Gasteiger partial charge is 0.375 e. The van der Waals surface area contributed by atoms with Gasteiger partial charge in [0.15, 0.2) is 11.4 Å². The van der Waals surface area contributed by atoms with E-state index in [-0.39, 0.29) is 12.2 Å². The fourth-order valence-corrected chi connectivity index (χ4v) is 3.92. The average Bonchev–Trinajstić information content (AvgIpc) is 3.11. The van der Waals surface area contributed by atoms with Gasteiger partial charge >= 0.3 is 0 Å². The van der Waals surface area contributed by atoms with Crippen LogP contribution in [0.3, 0.4) is 0 Å². The van der Waals surface area contributed by atoms with Crippen LogP contribution in [-0.2, 0) is 10.4 Å². The van der Waals surface area contributed by atoms with E-state index < -0.39 is 11.5 Å². The van der Waals surface area contributed by atoms with Crippen molar-refractivity contribution in [2.75, 3.05) is 11.4 Å². The highest BCUT2D eigenvalue weighted by atomic mass is 79.9. The molecule has 6 heteroatoms. The Morgan fingerprint density at radius 1 is 1.39 bits per heavy atom. The molecule has 0 fully saturated rings. The van der Waals surface area contributed by atoms with Gasteiger partial charge < -0.3 is 10.0 Å². The summed E-state index contributed by atoms with van der Waals surface area (Å²) in [5.74, 6) is -0.641. The topological polar surface area (TPSA) is 57.6 Å². The molecular weight excluding hydrogens is 378 g/mol. The molecule has 120 valence electrons. The summed E-state index contributed by atoms with van der Waals surface area (Å²) < 4.78 is 0.768. The fraction of sp³-hybridized carbons (Fsp3) is 0.294. The minimum Gasteiger partial charge on any atom is -0.375 e. The Morgan fingerprint density at radius 3 is 2.83 bits per heavy atom. The summed E-state index contributed by atoms with van der Waals surface area (Å²) in [6.07, 6.45) is 0.534. The molecule has 0 spiro atoms. The molecule has 1 atom stereocenters. The molecule has 4 nitrogen and oxygen atoms in total. The number of nitrogens with zero attached hydrogens (tertiary/aromatic N) is 1. The number of thiophene rings is 1. The molecule has 1 N–H and O–H groups in total. The molecule has 1 aromatic heterocycles. The first kappa shape index (κ1) is 16.4. The number of amides is 1. The molecule has 1 amide bonds. The number of carbonyl (C=O) groups is 2. The van der Waals surface area contributed by atoms with Crippen LogP contribution in [0.2, 0.25) is 0 Å². The van der Waals surface area contributed by atoms with E-state index in [2.05, 4.69) is 15.9 Å². The lowest BCUT2D eigenvalue weighted by molar-refractivity contribution is -0.135. The van der Waals surface area contributed by atoms with Crippen LogP contribution in [0.5, 0.6) is 0 Å². The lowest BCUT2D eigenvalue weighted by Crippen LogP contribution is -2.42. The van der Waals surface area contributed by atoms with Gasteiger partial charge in [0.05, 0.1) is 17.0 Å². The Balaban J connectivity index is 2.02. The van der Waals surface area contributed by atoms with Crippen molar-refractivity contribution in [3.05, 3.63) is 50.6 Å². The summed E-state index contributed by atoms with van der Waals surface area (Å²) in [6.45, 7) is 2.49. The molecule has 0 saturated heterocycles. The molecule has 2 aromatic rings. The van der Waals surface area contributed by atoms with E-state index in [1.165, 1.54) is 11.3 Å². The van der Waals surface area contributed by atoms with Gasteiger partial charge in [0, 0.05) is 16.6 Å². The van der Waals surface area contributed by atoms with Crippen molar-refractivity contribution in [1.29, 1.82) is 0 Å². The van der Waals surface area contributed by atoms with Gasteiger partial charge in [-0.05, 0) is 36.1 Å². The molecular formula is C17H16BrNO3S. The predicted octanol–water partition coefficient (Wildman–Crippen LogP) is 3.73. The molecule has 0 radical (unpaired) electrons. The average molecular weight is 394 g/mol. The summed E-state index contributed by atoms with van der Waals surface area (Å²) in [5.41, 5.74) is -0.619. The van der Waals surface area contributed by atoms with Crippen molar-refractivity contribution in [2.24, 2.45) is 0 Å². The molecule has 0 saturated carbocycles. The lowest BCUT2D eigenvalue weighted by atomic mass is 9.89. The van der Waals surface area contributed by atoms with E-state index in [9.17, 15) is 14.7 Å². The van der Waals surface area contributed by atoms with Crippen LogP contribution in [0.15, 0.2) is 40.2 Å². The smallest absolute Gasteiger partial charge is 0.264 e. The second kappa shape index (κ2) is 6.19. The van der Waals surface area contributed by atoms with Crippen molar-refractivity contribution < 1.29 is 14.7 Å². The zero-order valence-electron chi connectivity index (χ0n) is 12.6. The van der Waals surface area contributed by atoms with Crippen molar-refractivity contribution in [2.45, 2.75) is 25.4 Å². The number of Topliss-reactive ketones (excluding diaryl/α,β-unsaturated/α-hetero) is 1. The van der Waals surface area contributed by atoms with Gasteiger partial charge in [-0.3, -0.25) is 9.59 Å². The Bertz CT molecular complexity index is 759. The Morgan fingerprint density at radius 2 is 2.17 bits per heavy atom. The highest BCUT2D eigenvalue weighted by molar-refractivity contribution is 9.10. The van der Waals surface area contributed by atoms with Crippen molar-refractivity contribution >= 4 is 44.6 Å². The number of anilines is 1. The third-order valence-corrected chi connectivity index (χ3v) is 5.36. The minimum atomic E-state index is -1.80. The van der Waals surface area contributed by atoms with Crippen LogP contribution < -0.4 is 4.90 Å². The maximum Gasteiger partial charge on any atom is 0.264 e. The zero-order valence-corrected chi connectivity index (χ0v) is 15.0. The number of hydrogen-bond donors (Lipinski definition) is 1. The summed E-state index contributed by atoms with van der Waals surface area (Å²) in [6, 6.07) is 8.86. The van der Waals surface area contributed by atoms with E-state index in [1.807, 2.05) is 18.4 Å². The summed E-state index contributed by atoms with van der Waals surface area (Å²) in [7, 11) is 0. The first-order valence-electron chi connectivity index (χ1n) is 7.38. The van der Waals surface area contributed by atoms with E-state index in [4.69, 9.17) is 0 Å². The van der Waals surface area contributed by atoms with Crippen LogP contribution in [0.1, 0.15) is 35.0 Å². The van der Waals surface area contributed by atoms with Gasteiger partial charge in [-0.2, -0.15) is 0 Å². The number of aliphatic hydroxyl groups is 1. The third kappa shape index (κ3) is 2.75. The van der Waals surface area contributed by atoms with Crippen molar-refractivity contribution in [3.8, 4) is 0 Å². The third-order valence-electron chi connectivity index (χ3n) is 3.95. The number of carbonyl (C=O) groups excluding carboxylic acids is 2. The first-order valence-corrected chi connectivity index (χ1v) is 9.05.